The first-order valence-electron chi connectivity index (χ1n) is 7.04. The molecule has 0 heterocycles. The highest BCUT2D eigenvalue weighted by atomic mass is 32.2. The molecule has 2 aromatic rings. The summed E-state index contributed by atoms with van der Waals surface area (Å²) in [7, 11) is 0. The number of hydrogen-bond acceptors (Lipinski definition) is 2. The van der Waals surface area contributed by atoms with Gasteiger partial charge in [0, 0.05) is 4.90 Å². The van der Waals surface area contributed by atoms with E-state index >= 15 is 0 Å². The van der Waals surface area contributed by atoms with E-state index in [1.165, 1.54) is 4.90 Å². The van der Waals surface area contributed by atoms with Gasteiger partial charge in [0.25, 0.3) is 0 Å². The molecule has 3 rings (SSSR count). The van der Waals surface area contributed by atoms with Gasteiger partial charge in [0.05, 0.1) is 6.42 Å². The van der Waals surface area contributed by atoms with Gasteiger partial charge in [-0.25, -0.2) is 0 Å². The minimum absolute atomic E-state index is 0.0649. The Labute approximate surface area is 133 Å². The number of fused-ring (bicyclic) bond motifs is 1. The Bertz CT molecular complexity index is 861. The molecule has 1 aliphatic rings. The zero-order valence-electron chi connectivity index (χ0n) is 12.2. The molecule has 0 saturated carbocycles. The summed E-state index contributed by atoms with van der Waals surface area (Å²) in [4.78, 5) is 12.2. The molecule has 0 amide bonds. The first-order valence-corrected chi connectivity index (χ1v) is 8.27. The van der Waals surface area contributed by atoms with Crippen LogP contribution in [0, 0.1) is 0 Å². The van der Waals surface area contributed by atoms with E-state index in [-0.39, 0.29) is 6.42 Å². The SMILES string of the molecule is CSc1ccc(/C=c2/ccc3c(c2)C(CC(=O)O)=CC=3)cc1. The number of carboxylic acid groups (broad SMARTS) is 1. The van der Waals surface area contributed by atoms with Crippen molar-refractivity contribution in [3.8, 4) is 0 Å². The Morgan fingerprint density at radius 1 is 1.14 bits per heavy atom. The van der Waals surface area contributed by atoms with Crippen LogP contribution < -0.4 is 10.4 Å². The predicted molar refractivity (Wildman–Crippen MR) is 92.2 cm³/mol. The molecular weight excluding hydrogens is 292 g/mol. The summed E-state index contributed by atoms with van der Waals surface area (Å²) in [5.74, 6) is -0.797. The Kier molecular flexibility index (Phi) is 4.16. The van der Waals surface area contributed by atoms with Crippen molar-refractivity contribution in [2.45, 2.75) is 11.3 Å². The van der Waals surface area contributed by atoms with Crippen molar-refractivity contribution in [2.75, 3.05) is 6.26 Å². The molecule has 0 radical (unpaired) electrons. The molecule has 0 aliphatic heterocycles. The third kappa shape index (κ3) is 3.15. The Morgan fingerprint density at radius 2 is 1.91 bits per heavy atom. The zero-order chi connectivity index (χ0) is 15.5. The fourth-order valence-electron chi connectivity index (χ4n) is 2.58. The largest absolute Gasteiger partial charge is 0.481 e. The molecule has 0 saturated heterocycles. The third-order valence-electron chi connectivity index (χ3n) is 3.68. The molecule has 0 aromatic heterocycles. The third-order valence-corrected chi connectivity index (χ3v) is 4.42. The van der Waals surface area contributed by atoms with Crippen LogP contribution in [0.3, 0.4) is 0 Å². The number of allylic oxidation sites excluding steroid dienone is 1. The van der Waals surface area contributed by atoms with Gasteiger partial charge < -0.3 is 5.11 Å². The van der Waals surface area contributed by atoms with Crippen LogP contribution in [0.25, 0.3) is 17.7 Å². The van der Waals surface area contributed by atoms with E-state index in [9.17, 15) is 4.79 Å². The molecule has 1 N–H and O–H groups in total. The second-order valence-electron chi connectivity index (χ2n) is 5.19. The van der Waals surface area contributed by atoms with Crippen LogP contribution in [0.5, 0.6) is 0 Å². The van der Waals surface area contributed by atoms with Crippen molar-refractivity contribution < 1.29 is 9.90 Å². The van der Waals surface area contributed by atoms with Crippen LogP contribution in [0.15, 0.2) is 53.4 Å². The smallest absolute Gasteiger partial charge is 0.307 e. The molecular formula is C19H16O2S. The quantitative estimate of drug-likeness (QED) is 0.883. The summed E-state index contributed by atoms with van der Waals surface area (Å²) in [6.07, 6.45) is 8.11. The summed E-state index contributed by atoms with van der Waals surface area (Å²) in [6, 6.07) is 14.6. The normalized spacial score (nSPS) is 13.5. The van der Waals surface area contributed by atoms with Crippen molar-refractivity contribution in [3.05, 3.63) is 70.1 Å². The molecule has 3 heteroatoms. The lowest BCUT2D eigenvalue weighted by molar-refractivity contribution is -0.135. The highest BCUT2D eigenvalue weighted by molar-refractivity contribution is 7.98. The highest BCUT2D eigenvalue weighted by Gasteiger charge is 2.11. The minimum atomic E-state index is -0.797. The van der Waals surface area contributed by atoms with Gasteiger partial charge in [0.15, 0.2) is 0 Å². The summed E-state index contributed by atoms with van der Waals surface area (Å²) >= 11 is 1.72. The number of rotatable bonds is 4. The average Bonchev–Trinajstić information content (AvgIpc) is 2.90. The van der Waals surface area contributed by atoms with Gasteiger partial charge in [-0.2, -0.15) is 0 Å². The van der Waals surface area contributed by atoms with E-state index in [2.05, 4.69) is 48.7 Å². The number of hydrogen-bond donors (Lipinski definition) is 1. The second kappa shape index (κ2) is 6.24. The second-order valence-corrected chi connectivity index (χ2v) is 6.07. The van der Waals surface area contributed by atoms with Gasteiger partial charge in [-0.15, -0.1) is 11.8 Å². The summed E-state index contributed by atoms with van der Waals surface area (Å²) < 4.78 is 0. The van der Waals surface area contributed by atoms with E-state index in [1.54, 1.807) is 11.8 Å². The minimum Gasteiger partial charge on any atom is -0.481 e. The molecule has 0 spiro atoms. The van der Waals surface area contributed by atoms with Crippen molar-refractivity contribution in [1.29, 1.82) is 0 Å². The van der Waals surface area contributed by atoms with Crippen LogP contribution in [-0.4, -0.2) is 17.3 Å². The van der Waals surface area contributed by atoms with E-state index in [0.717, 1.165) is 27.1 Å². The predicted octanol–water partition coefficient (Wildman–Crippen LogP) is 2.89. The monoisotopic (exact) mass is 308 g/mol. The summed E-state index contributed by atoms with van der Waals surface area (Å²) in [5, 5.41) is 11.2. The Balaban J connectivity index is 1.96. The van der Waals surface area contributed by atoms with Crippen LogP contribution in [-0.2, 0) is 4.79 Å². The maximum Gasteiger partial charge on any atom is 0.307 e. The van der Waals surface area contributed by atoms with Gasteiger partial charge in [-0.05, 0) is 57.7 Å². The first-order chi connectivity index (χ1) is 10.7. The van der Waals surface area contributed by atoms with Crippen LogP contribution in [0.2, 0.25) is 0 Å². The standard InChI is InChI=1S/C19H16O2S/c1-22-17-8-3-13(4-9-17)10-14-2-5-15-6-7-16(12-19(20)21)18(15)11-14/h2-11H,12H2,1H3,(H,20,21)/b14-10-. The number of carbonyl (C=O) groups is 1. The van der Waals surface area contributed by atoms with E-state index < -0.39 is 5.97 Å². The number of carboxylic acids is 1. The molecule has 22 heavy (non-hydrogen) atoms. The van der Waals surface area contributed by atoms with E-state index in [1.807, 2.05) is 18.2 Å². The van der Waals surface area contributed by atoms with Crippen molar-refractivity contribution in [1.82, 2.24) is 0 Å². The topological polar surface area (TPSA) is 37.3 Å². The van der Waals surface area contributed by atoms with Crippen molar-refractivity contribution in [3.63, 3.8) is 0 Å². The Morgan fingerprint density at radius 3 is 2.59 bits per heavy atom. The van der Waals surface area contributed by atoms with Crippen LogP contribution >= 0.6 is 11.8 Å². The molecule has 2 nitrogen and oxygen atoms in total. The highest BCUT2D eigenvalue weighted by Crippen LogP contribution is 2.18. The molecule has 0 bridgehead atoms. The number of thioether (sulfide) groups is 1. The summed E-state index contributed by atoms with van der Waals surface area (Å²) in [5.41, 5.74) is 3.04. The van der Waals surface area contributed by atoms with E-state index in [0.29, 0.717) is 0 Å². The fourth-order valence-corrected chi connectivity index (χ4v) is 2.99. The lowest BCUT2D eigenvalue weighted by Gasteiger charge is -2.02. The first kappa shape index (κ1) is 14.7. The van der Waals surface area contributed by atoms with Crippen LogP contribution in [0.4, 0.5) is 0 Å². The summed E-state index contributed by atoms with van der Waals surface area (Å²) in [6.45, 7) is 0. The molecule has 110 valence electrons. The molecule has 2 aromatic carbocycles. The van der Waals surface area contributed by atoms with Gasteiger partial charge >= 0.3 is 5.97 Å². The van der Waals surface area contributed by atoms with E-state index in [4.69, 9.17) is 5.11 Å². The van der Waals surface area contributed by atoms with Gasteiger partial charge in [-0.3, -0.25) is 4.79 Å². The van der Waals surface area contributed by atoms with Gasteiger partial charge in [0.2, 0.25) is 0 Å². The van der Waals surface area contributed by atoms with Crippen LogP contribution in [0.1, 0.15) is 17.5 Å². The average molecular weight is 308 g/mol. The molecule has 1 aliphatic carbocycles. The molecule has 0 unspecified atom stereocenters. The number of aliphatic carboxylic acids is 1. The Hall–Kier alpha value is -2.26. The maximum absolute atomic E-state index is 10.9. The lowest BCUT2D eigenvalue weighted by atomic mass is 10.0. The number of benzene rings is 2. The maximum atomic E-state index is 10.9. The molecule has 0 fully saturated rings. The fraction of sp³-hybridized carbons (Fsp3) is 0.105. The van der Waals surface area contributed by atoms with Crippen molar-refractivity contribution >= 4 is 35.5 Å². The van der Waals surface area contributed by atoms with Gasteiger partial charge in [-0.1, -0.05) is 36.4 Å². The van der Waals surface area contributed by atoms with Gasteiger partial charge in [0.1, 0.15) is 0 Å². The van der Waals surface area contributed by atoms with Crippen molar-refractivity contribution in [2.24, 2.45) is 0 Å². The molecule has 0 atom stereocenters. The zero-order valence-corrected chi connectivity index (χ0v) is 13.1. The lowest BCUT2D eigenvalue weighted by Crippen LogP contribution is -2.12.